The molecule has 6 aromatic carbocycles. The van der Waals surface area contributed by atoms with Crippen molar-refractivity contribution in [1.82, 2.24) is 19.0 Å². The van der Waals surface area contributed by atoms with Crippen molar-refractivity contribution in [1.29, 1.82) is 0 Å². The van der Waals surface area contributed by atoms with Crippen LogP contribution in [0.1, 0.15) is 0 Å². The van der Waals surface area contributed by atoms with Crippen molar-refractivity contribution in [3.63, 3.8) is 0 Å². The van der Waals surface area contributed by atoms with Gasteiger partial charge < -0.3 is 18.9 Å². The second-order valence-electron chi connectivity index (χ2n) is 11.6. The van der Waals surface area contributed by atoms with E-state index in [0.717, 1.165) is 56.0 Å². The SMILES string of the molecule is CN1C=CN(c2[c-]c(-n3c4[c-]c(-c5nc6ccccc6n5C)cc(-c5ccccc5)c4c4c5ccccc5ccc43)ccc2)[CH-]1.[Pt]. The molecular weight excluding hydrogens is 746 g/mol. The molecule has 0 N–H and O–H groups in total. The summed E-state index contributed by atoms with van der Waals surface area (Å²) in [5.74, 6) is 0.884. The third-order valence-electron chi connectivity index (χ3n) is 8.83. The molecule has 0 bridgehead atoms. The van der Waals surface area contributed by atoms with Crippen LogP contribution in [0, 0.1) is 18.8 Å². The third kappa shape index (κ3) is 4.38. The Kier molecular flexibility index (Phi) is 6.81. The molecule has 0 aliphatic carbocycles. The Labute approximate surface area is 281 Å². The molecule has 9 rings (SSSR count). The van der Waals surface area contributed by atoms with Crippen LogP contribution in [0.3, 0.4) is 0 Å². The number of anilines is 1. The second-order valence-corrected chi connectivity index (χ2v) is 11.6. The summed E-state index contributed by atoms with van der Waals surface area (Å²) < 4.78 is 4.49. The number of imidazole rings is 1. The van der Waals surface area contributed by atoms with Gasteiger partial charge in [0.15, 0.2) is 0 Å². The summed E-state index contributed by atoms with van der Waals surface area (Å²) in [6, 6.07) is 48.3. The molecule has 8 aromatic rings. The van der Waals surface area contributed by atoms with Gasteiger partial charge in [-0.05, 0) is 64.9 Å². The predicted octanol–water partition coefficient (Wildman–Crippen LogP) is 9.10. The Balaban J connectivity index is 0.00000312. The number of nitrogens with zero attached hydrogens (tertiary/aromatic N) is 5. The molecule has 0 radical (unpaired) electrons. The summed E-state index contributed by atoms with van der Waals surface area (Å²) in [5.41, 5.74) is 9.35. The van der Waals surface area contributed by atoms with Gasteiger partial charge in [0.1, 0.15) is 0 Å². The Morgan fingerprint density at radius 1 is 0.674 bits per heavy atom. The monoisotopic (exact) mass is 773 g/mol. The van der Waals surface area contributed by atoms with Gasteiger partial charge >= 0.3 is 0 Å². The average molecular weight is 774 g/mol. The van der Waals surface area contributed by atoms with E-state index in [1.807, 2.05) is 24.2 Å². The van der Waals surface area contributed by atoms with Gasteiger partial charge in [-0.3, -0.25) is 4.98 Å². The molecule has 0 atom stereocenters. The van der Waals surface area contributed by atoms with Crippen LogP contribution in [0.2, 0.25) is 0 Å². The van der Waals surface area contributed by atoms with Gasteiger partial charge in [-0.15, -0.1) is 41.6 Å². The number of fused-ring (bicyclic) bond motifs is 6. The van der Waals surface area contributed by atoms with Crippen molar-refractivity contribution in [3.8, 4) is 28.2 Å². The van der Waals surface area contributed by atoms with Crippen molar-refractivity contribution in [2.24, 2.45) is 7.05 Å². The summed E-state index contributed by atoms with van der Waals surface area (Å²) in [5, 5.41) is 4.80. The van der Waals surface area contributed by atoms with Crippen molar-refractivity contribution in [2.75, 3.05) is 11.9 Å². The first-order chi connectivity index (χ1) is 22.1. The van der Waals surface area contributed by atoms with Crippen molar-refractivity contribution in [3.05, 3.63) is 146 Å². The van der Waals surface area contributed by atoms with Crippen molar-refractivity contribution >= 4 is 49.3 Å². The zero-order valence-electron chi connectivity index (χ0n) is 25.3. The van der Waals surface area contributed by atoms with E-state index < -0.39 is 0 Å². The van der Waals surface area contributed by atoms with Gasteiger partial charge in [-0.2, -0.15) is 12.7 Å². The Hall–Kier alpha value is -5.12. The van der Waals surface area contributed by atoms with E-state index in [-0.39, 0.29) is 21.1 Å². The van der Waals surface area contributed by atoms with E-state index in [1.165, 1.54) is 21.5 Å². The number of aromatic nitrogens is 3. The van der Waals surface area contributed by atoms with Gasteiger partial charge in [-0.1, -0.05) is 89.4 Å². The molecule has 0 fully saturated rings. The van der Waals surface area contributed by atoms with Gasteiger partial charge in [0.2, 0.25) is 0 Å². The van der Waals surface area contributed by atoms with Gasteiger partial charge in [0.05, 0.1) is 16.9 Å². The van der Waals surface area contributed by atoms with Gasteiger partial charge in [-0.25, -0.2) is 0 Å². The van der Waals surface area contributed by atoms with Crippen LogP contribution in [0.15, 0.2) is 128 Å². The average Bonchev–Trinajstić information content (AvgIpc) is 3.78. The van der Waals surface area contributed by atoms with Gasteiger partial charge in [0.25, 0.3) is 0 Å². The fourth-order valence-corrected chi connectivity index (χ4v) is 6.74. The van der Waals surface area contributed by atoms with Crippen LogP contribution in [0.25, 0.3) is 71.8 Å². The Morgan fingerprint density at radius 3 is 2.28 bits per heavy atom. The maximum absolute atomic E-state index is 5.10. The second kappa shape index (κ2) is 11.0. The Morgan fingerprint density at radius 2 is 1.46 bits per heavy atom. The summed E-state index contributed by atoms with van der Waals surface area (Å²) in [7, 11) is 4.11. The molecule has 5 nitrogen and oxygen atoms in total. The summed E-state index contributed by atoms with van der Waals surface area (Å²) in [6.07, 6.45) is 4.09. The van der Waals surface area contributed by atoms with Crippen LogP contribution in [-0.2, 0) is 28.1 Å². The molecule has 0 saturated heterocycles. The number of benzene rings is 6. The first-order valence-corrected chi connectivity index (χ1v) is 15.1. The molecule has 2 aromatic heterocycles. The summed E-state index contributed by atoms with van der Waals surface area (Å²) in [4.78, 5) is 9.23. The molecule has 0 saturated carbocycles. The number of rotatable bonds is 4. The number of aryl methyl sites for hydroxylation is 1. The van der Waals surface area contributed by atoms with E-state index in [9.17, 15) is 0 Å². The Bertz CT molecular complexity index is 2450. The molecule has 1 aliphatic rings. The fraction of sp³-hybridized carbons (Fsp3) is 0.0500. The normalized spacial score (nSPS) is 13.0. The number of para-hydroxylation sites is 2. The van der Waals surface area contributed by atoms with E-state index in [1.54, 1.807) is 0 Å². The van der Waals surface area contributed by atoms with Crippen LogP contribution in [0.4, 0.5) is 5.69 Å². The molecule has 46 heavy (non-hydrogen) atoms. The van der Waals surface area contributed by atoms with E-state index in [4.69, 9.17) is 4.98 Å². The number of hydrogen-bond acceptors (Lipinski definition) is 3. The fourth-order valence-electron chi connectivity index (χ4n) is 6.74. The summed E-state index contributed by atoms with van der Waals surface area (Å²) >= 11 is 0. The van der Waals surface area contributed by atoms with Crippen LogP contribution in [0.5, 0.6) is 0 Å². The van der Waals surface area contributed by atoms with Crippen molar-refractivity contribution < 1.29 is 21.1 Å². The van der Waals surface area contributed by atoms with Gasteiger partial charge in [0, 0.05) is 33.6 Å². The smallest absolute Gasteiger partial charge is 0.0770 e. The zero-order valence-corrected chi connectivity index (χ0v) is 27.5. The molecular formula is C40H28N5Pt-3. The third-order valence-corrected chi connectivity index (χ3v) is 8.83. The van der Waals surface area contributed by atoms with E-state index >= 15 is 0 Å². The topological polar surface area (TPSA) is 29.2 Å². The standard InChI is InChI=1S/C40H28N5.Pt/c1-42-21-22-44(26-42)30-14-10-15-31(25-30)45-36-20-19-28-13-6-7-16-32(28)38(36)39-33(27-11-4-3-5-12-27)23-29(24-37(39)45)40-41-34-17-8-9-18-35(34)43(40)2;/h3-23,26H,1-2H3;/q-3;. The van der Waals surface area contributed by atoms with Crippen LogP contribution >= 0.6 is 0 Å². The quantitative estimate of drug-likeness (QED) is 0.167. The molecule has 6 heteroatoms. The minimum absolute atomic E-state index is 0. The van der Waals surface area contributed by atoms with Crippen LogP contribution in [-0.4, -0.2) is 26.1 Å². The predicted molar refractivity (Wildman–Crippen MR) is 185 cm³/mol. The van der Waals surface area contributed by atoms with Crippen molar-refractivity contribution in [2.45, 2.75) is 0 Å². The van der Waals surface area contributed by atoms with Crippen LogP contribution < -0.4 is 4.90 Å². The molecule has 0 amide bonds. The zero-order chi connectivity index (χ0) is 30.1. The van der Waals surface area contributed by atoms with E-state index in [2.05, 4.69) is 155 Å². The number of hydrogen-bond donors (Lipinski definition) is 0. The first-order valence-electron chi connectivity index (χ1n) is 15.1. The molecule has 226 valence electrons. The van der Waals surface area contributed by atoms with E-state index in [0.29, 0.717) is 0 Å². The molecule has 3 heterocycles. The minimum atomic E-state index is 0. The summed E-state index contributed by atoms with van der Waals surface area (Å²) in [6.45, 7) is 2.05. The first kappa shape index (κ1) is 28.4. The molecule has 0 unspecified atom stereocenters. The molecule has 0 spiro atoms. The largest absolute Gasteiger partial charge is 0.510 e. The maximum Gasteiger partial charge on any atom is 0.0770 e. The maximum atomic E-state index is 5.10. The molecule has 1 aliphatic heterocycles. The minimum Gasteiger partial charge on any atom is -0.510 e.